The Labute approximate surface area is 119 Å². The summed E-state index contributed by atoms with van der Waals surface area (Å²) in [5, 5.41) is 8.62. The molecule has 1 aromatic carbocycles. The van der Waals surface area contributed by atoms with Crippen LogP contribution in [-0.4, -0.2) is 16.0 Å². The third-order valence-corrected chi connectivity index (χ3v) is 3.46. The summed E-state index contributed by atoms with van der Waals surface area (Å²) in [5.74, 6) is -0.190. The molecule has 0 spiro atoms. The van der Waals surface area contributed by atoms with E-state index >= 15 is 0 Å². The second kappa shape index (κ2) is 5.26. The summed E-state index contributed by atoms with van der Waals surface area (Å²) in [6.45, 7) is 2.03. The summed E-state index contributed by atoms with van der Waals surface area (Å²) in [4.78, 5) is 16.2. The molecule has 3 aromatic rings. The standard InChI is InChI=1S/C14H11N3O2S/c1-9-3-2-4-10(7-9)11-8-20-14(16-11)17-13(18)12-5-6-15-19-12/h2-8H,1H3,(H,16,17,18). The van der Waals surface area contributed by atoms with Gasteiger partial charge in [0.1, 0.15) is 0 Å². The number of thiazole rings is 1. The van der Waals surface area contributed by atoms with Crippen molar-refractivity contribution in [1.29, 1.82) is 0 Å². The summed E-state index contributed by atoms with van der Waals surface area (Å²) in [6.07, 6.45) is 1.43. The molecule has 0 unspecified atom stereocenters. The molecule has 1 N–H and O–H groups in total. The highest BCUT2D eigenvalue weighted by molar-refractivity contribution is 7.14. The van der Waals surface area contributed by atoms with E-state index in [1.54, 1.807) is 0 Å². The monoisotopic (exact) mass is 285 g/mol. The molecular formula is C14H11N3O2S. The van der Waals surface area contributed by atoms with Crippen LogP contribution in [0.3, 0.4) is 0 Å². The number of nitrogens with one attached hydrogen (secondary N) is 1. The van der Waals surface area contributed by atoms with Crippen molar-refractivity contribution in [3.05, 3.63) is 53.2 Å². The predicted octanol–water partition coefficient (Wildman–Crippen LogP) is 3.36. The Morgan fingerprint density at radius 1 is 1.35 bits per heavy atom. The van der Waals surface area contributed by atoms with Gasteiger partial charge in [0.05, 0.1) is 11.9 Å². The SMILES string of the molecule is Cc1cccc(-c2csc(NC(=O)c3ccno3)n2)c1. The minimum absolute atomic E-state index is 0.164. The van der Waals surface area contributed by atoms with Crippen molar-refractivity contribution in [3.63, 3.8) is 0 Å². The Hall–Kier alpha value is -2.47. The minimum Gasteiger partial charge on any atom is -0.351 e. The zero-order chi connectivity index (χ0) is 13.9. The molecule has 0 saturated heterocycles. The summed E-state index contributed by atoms with van der Waals surface area (Å²) in [7, 11) is 0. The fourth-order valence-electron chi connectivity index (χ4n) is 1.76. The molecule has 0 radical (unpaired) electrons. The van der Waals surface area contributed by atoms with E-state index in [1.165, 1.54) is 29.2 Å². The van der Waals surface area contributed by atoms with Gasteiger partial charge >= 0.3 is 0 Å². The lowest BCUT2D eigenvalue weighted by atomic mass is 10.1. The van der Waals surface area contributed by atoms with Crippen molar-refractivity contribution < 1.29 is 9.32 Å². The number of rotatable bonds is 3. The fourth-order valence-corrected chi connectivity index (χ4v) is 2.47. The molecule has 0 aliphatic rings. The number of anilines is 1. The third-order valence-electron chi connectivity index (χ3n) is 2.70. The Kier molecular flexibility index (Phi) is 3.30. The first-order chi connectivity index (χ1) is 9.72. The molecule has 2 aromatic heterocycles. The van der Waals surface area contributed by atoms with E-state index in [0.717, 1.165) is 11.3 Å². The number of amides is 1. The Morgan fingerprint density at radius 2 is 2.25 bits per heavy atom. The average molecular weight is 285 g/mol. The maximum Gasteiger partial charge on any atom is 0.296 e. The van der Waals surface area contributed by atoms with Crippen molar-refractivity contribution >= 4 is 22.4 Å². The van der Waals surface area contributed by atoms with Gasteiger partial charge in [-0.2, -0.15) is 0 Å². The van der Waals surface area contributed by atoms with Crippen LogP contribution in [0.4, 0.5) is 5.13 Å². The van der Waals surface area contributed by atoms with Crippen molar-refractivity contribution in [1.82, 2.24) is 10.1 Å². The molecule has 0 atom stereocenters. The van der Waals surface area contributed by atoms with E-state index in [0.29, 0.717) is 5.13 Å². The van der Waals surface area contributed by atoms with Crippen LogP contribution in [-0.2, 0) is 0 Å². The number of benzene rings is 1. The van der Waals surface area contributed by atoms with Gasteiger partial charge in [-0.05, 0) is 13.0 Å². The van der Waals surface area contributed by atoms with Crippen LogP contribution >= 0.6 is 11.3 Å². The average Bonchev–Trinajstić information content (AvgIpc) is 3.10. The van der Waals surface area contributed by atoms with Gasteiger partial charge in [0, 0.05) is 17.0 Å². The van der Waals surface area contributed by atoms with E-state index in [2.05, 4.69) is 21.5 Å². The van der Waals surface area contributed by atoms with E-state index in [-0.39, 0.29) is 11.7 Å². The van der Waals surface area contributed by atoms with Crippen LogP contribution in [0.25, 0.3) is 11.3 Å². The van der Waals surface area contributed by atoms with Crippen LogP contribution in [0.15, 0.2) is 46.4 Å². The molecule has 1 amide bonds. The van der Waals surface area contributed by atoms with Gasteiger partial charge in [-0.3, -0.25) is 10.1 Å². The summed E-state index contributed by atoms with van der Waals surface area (Å²) < 4.78 is 4.79. The molecule has 20 heavy (non-hydrogen) atoms. The van der Waals surface area contributed by atoms with Gasteiger partial charge < -0.3 is 4.52 Å². The van der Waals surface area contributed by atoms with Gasteiger partial charge in [-0.1, -0.05) is 28.9 Å². The van der Waals surface area contributed by atoms with Crippen LogP contribution < -0.4 is 5.32 Å². The molecule has 3 rings (SSSR count). The first-order valence-electron chi connectivity index (χ1n) is 5.97. The van der Waals surface area contributed by atoms with Crippen LogP contribution in [0.5, 0.6) is 0 Å². The molecule has 100 valence electrons. The molecule has 0 fully saturated rings. The van der Waals surface area contributed by atoms with Crippen molar-refractivity contribution in [2.24, 2.45) is 0 Å². The quantitative estimate of drug-likeness (QED) is 0.801. The van der Waals surface area contributed by atoms with Crippen LogP contribution in [0.1, 0.15) is 16.1 Å². The second-order valence-electron chi connectivity index (χ2n) is 4.24. The van der Waals surface area contributed by atoms with E-state index in [9.17, 15) is 4.79 Å². The van der Waals surface area contributed by atoms with E-state index < -0.39 is 0 Å². The lowest BCUT2D eigenvalue weighted by Crippen LogP contribution is -2.10. The molecule has 6 heteroatoms. The molecule has 0 aliphatic carbocycles. The number of aryl methyl sites for hydroxylation is 1. The van der Waals surface area contributed by atoms with Gasteiger partial charge in [0.15, 0.2) is 5.13 Å². The predicted molar refractivity (Wildman–Crippen MR) is 76.7 cm³/mol. The van der Waals surface area contributed by atoms with Gasteiger partial charge in [0.2, 0.25) is 5.76 Å². The first kappa shape index (κ1) is 12.6. The van der Waals surface area contributed by atoms with Gasteiger partial charge in [-0.25, -0.2) is 4.98 Å². The van der Waals surface area contributed by atoms with Gasteiger partial charge in [0.25, 0.3) is 5.91 Å². The normalized spacial score (nSPS) is 10.4. The first-order valence-corrected chi connectivity index (χ1v) is 6.85. The summed E-state index contributed by atoms with van der Waals surface area (Å²) in [6, 6.07) is 9.56. The topological polar surface area (TPSA) is 68.0 Å². The Bertz CT molecular complexity index is 734. The Morgan fingerprint density at radius 3 is 3.00 bits per heavy atom. The molecule has 2 heterocycles. The lowest BCUT2D eigenvalue weighted by Gasteiger charge is -1.98. The number of carbonyl (C=O) groups excluding carboxylic acids is 1. The molecule has 0 aliphatic heterocycles. The van der Waals surface area contributed by atoms with Crippen molar-refractivity contribution in [2.45, 2.75) is 6.92 Å². The number of nitrogens with zero attached hydrogens (tertiary/aromatic N) is 2. The zero-order valence-corrected chi connectivity index (χ0v) is 11.5. The molecule has 0 saturated carbocycles. The number of aromatic nitrogens is 2. The highest BCUT2D eigenvalue weighted by atomic mass is 32.1. The van der Waals surface area contributed by atoms with Crippen molar-refractivity contribution in [2.75, 3.05) is 5.32 Å². The summed E-state index contributed by atoms with van der Waals surface area (Å²) in [5.41, 5.74) is 3.04. The smallest absolute Gasteiger partial charge is 0.296 e. The van der Waals surface area contributed by atoms with Crippen LogP contribution in [0, 0.1) is 6.92 Å². The maximum atomic E-state index is 11.8. The maximum absolute atomic E-state index is 11.8. The largest absolute Gasteiger partial charge is 0.351 e. The molecular weight excluding hydrogens is 274 g/mol. The third kappa shape index (κ3) is 2.60. The zero-order valence-electron chi connectivity index (χ0n) is 10.7. The highest BCUT2D eigenvalue weighted by Gasteiger charge is 2.12. The Balaban J connectivity index is 1.79. The van der Waals surface area contributed by atoms with Crippen LogP contribution in [0.2, 0.25) is 0 Å². The van der Waals surface area contributed by atoms with E-state index in [1.807, 2.05) is 30.5 Å². The van der Waals surface area contributed by atoms with E-state index in [4.69, 9.17) is 4.52 Å². The lowest BCUT2D eigenvalue weighted by molar-refractivity contribution is 0.0988. The number of hydrogen-bond acceptors (Lipinski definition) is 5. The van der Waals surface area contributed by atoms with Crippen molar-refractivity contribution in [3.8, 4) is 11.3 Å². The molecule has 0 bridgehead atoms. The number of hydrogen-bond donors (Lipinski definition) is 1. The number of carbonyl (C=O) groups is 1. The minimum atomic E-state index is -0.354. The summed E-state index contributed by atoms with van der Waals surface area (Å²) >= 11 is 1.37. The molecule has 5 nitrogen and oxygen atoms in total. The van der Waals surface area contributed by atoms with Gasteiger partial charge in [-0.15, -0.1) is 11.3 Å². The second-order valence-corrected chi connectivity index (χ2v) is 5.10. The fraction of sp³-hybridized carbons (Fsp3) is 0.0714. The highest BCUT2D eigenvalue weighted by Crippen LogP contribution is 2.25.